The molecule has 180 valence electrons. The fourth-order valence-electron chi connectivity index (χ4n) is 2.66. The predicted molar refractivity (Wildman–Crippen MR) is 121 cm³/mol. The molecule has 0 aliphatic heterocycles. The number of nitrogens with zero attached hydrogens (tertiary/aromatic N) is 1. The Labute approximate surface area is 189 Å². The molecule has 0 atom stereocenters. The van der Waals surface area contributed by atoms with Gasteiger partial charge >= 0.3 is 190 Å². The first-order chi connectivity index (χ1) is 15.1. The van der Waals surface area contributed by atoms with Crippen LogP contribution in [0.5, 0.6) is 11.5 Å². The summed E-state index contributed by atoms with van der Waals surface area (Å²) in [4.78, 5) is 1.31. The van der Waals surface area contributed by atoms with Crippen molar-refractivity contribution in [2.45, 2.75) is 56.2 Å². The Morgan fingerprint density at radius 3 is 1.97 bits per heavy atom. The van der Waals surface area contributed by atoms with Crippen molar-refractivity contribution in [3.8, 4) is 11.5 Å². The molecule has 0 spiro atoms. The fourth-order valence-corrected chi connectivity index (χ4v) is 4.16. The van der Waals surface area contributed by atoms with E-state index in [1.165, 1.54) is 17.8 Å². The van der Waals surface area contributed by atoms with E-state index in [0.717, 1.165) is 29.4 Å². The molecule has 0 amide bonds. The molecular formula is C21H28F5N2O2PS. The average Bonchev–Trinajstić information content (AvgIpc) is 2.71. The average molecular weight is 498 g/mol. The Morgan fingerprint density at radius 1 is 0.906 bits per heavy atom. The van der Waals surface area contributed by atoms with Gasteiger partial charge in [0, 0.05) is 0 Å². The molecule has 2 rings (SSSR count). The van der Waals surface area contributed by atoms with Crippen molar-refractivity contribution in [1.29, 1.82) is 0 Å². The number of aryl methyl sites for hydroxylation is 1. The van der Waals surface area contributed by atoms with E-state index in [1.54, 1.807) is 0 Å². The molecule has 0 unspecified atom stereocenters. The van der Waals surface area contributed by atoms with Gasteiger partial charge in [-0.1, -0.05) is 0 Å². The fraction of sp³-hybridized carbons (Fsp3) is 0.429. The van der Waals surface area contributed by atoms with E-state index in [0.29, 0.717) is 23.4 Å². The summed E-state index contributed by atoms with van der Waals surface area (Å²) < 4.78 is 77.7. The normalized spacial score (nSPS) is 12.8. The van der Waals surface area contributed by atoms with Crippen molar-refractivity contribution in [3.05, 3.63) is 42.0 Å². The van der Waals surface area contributed by atoms with Crippen LogP contribution in [0.3, 0.4) is 0 Å². The van der Waals surface area contributed by atoms with E-state index < -0.39 is 18.5 Å². The van der Waals surface area contributed by atoms with Crippen molar-refractivity contribution in [2.24, 2.45) is 0 Å². The van der Waals surface area contributed by atoms with Gasteiger partial charge in [-0.15, -0.1) is 0 Å². The van der Waals surface area contributed by atoms with Crippen LogP contribution >= 0.6 is 19.8 Å². The van der Waals surface area contributed by atoms with Crippen LogP contribution in [0.1, 0.15) is 45.1 Å². The summed E-state index contributed by atoms with van der Waals surface area (Å²) in [7, 11) is -8.54. The molecular weight excluding hydrogens is 470 g/mol. The van der Waals surface area contributed by atoms with Gasteiger partial charge in [-0.3, -0.25) is 0 Å². The van der Waals surface area contributed by atoms with Gasteiger partial charge in [-0.05, 0) is 0 Å². The monoisotopic (exact) mass is 498 g/mol. The second kappa shape index (κ2) is 11.4. The van der Waals surface area contributed by atoms with Gasteiger partial charge in [0.25, 0.3) is 0 Å². The van der Waals surface area contributed by atoms with E-state index in [4.69, 9.17) is 9.47 Å². The zero-order valence-electron chi connectivity index (χ0n) is 18.2. The summed E-state index contributed by atoms with van der Waals surface area (Å²) in [5, 5.41) is 0. The number of rotatable bonds is 13. The number of benzene rings is 2. The van der Waals surface area contributed by atoms with Crippen LogP contribution in [-0.4, -0.2) is 13.2 Å². The van der Waals surface area contributed by atoms with E-state index in [1.807, 2.05) is 45.0 Å². The van der Waals surface area contributed by atoms with Crippen molar-refractivity contribution in [2.75, 3.05) is 18.0 Å². The summed E-state index contributed by atoms with van der Waals surface area (Å²) in [6.45, 7) is 6.12. The molecule has 2 aromatic rings. The van der Waals surface area contributed by atoms with E-state index >= 15 is 0 Å². The summed E-state index contributed by atoms with van der Waals surface area (Å²) in [6, 6.07) is 9.86. The minimum absolute atomic E-state index is 0.0857. The zero-order valence-corrected chi connectivity index (χ0v) is 19.9. The quantitative estimate of drug-likeness (QED) is 0.0982. The Bertz CT molecular complexity index is 872. The number of unbranched alkanes of at least 4 members (excludes halogenated alkanes) is 2. The van der Waals surface area contributed by atoms with Crippen LogP contribution in [-0.2, 0) is 0 Å². The van der Waals surface area contributed by atoms with Crippen LogP contribution in [0.15, 0.2) is 46.2 Å². The van der Waals surface area contributed by atoms with Gasteiger partial charge in [0.1, 0.15) is 0 Å². The zero-order chi connectivity index (χ0) is 23.8. The third-order valence-corrected chi connectivity index (χ3v) is 6.34. The third-order valence-electron chi connectivity index (χ3n) is 4.40. The molecule has 0 radical (unpaired) electrons. The summed E-state index contributed by atoms with van der Waals surface area (Å²) in [5.74, 6) is -0.205. The summed E-state index contributed by atoms with van der Waals surface area (Å²) in [6.07, 6.45) is 2.78. The standard InChI is InChI=1S/C21H28F5N2O2PS/c1-4-6-12-29-19-15-21(32-17-10-8-16(3)9-11-17)20(30-13-7-5-2)14-18(19)28(27-22)31(23,24,25)26/h8-11,14-15,27H,4-7,12-13H2,1-3H3. The second-order valence-corrected chi connectivity index (χ2v) is 10.1. The number of anilines is 1. The third kappa shape index (κ3) is 7.67. The van der Waals surface area contributed by atoms with Crippen LogP contribution in [0.2, 0.25) is 0 Å². The topological polar surface area (TPSA) is 33.7 Å². The predicted octanol–water partition coefficient (Wildman–Crippen LogP) is 8.71. The molecule has 11 heteroatoms. The van der Waals surface area contributed by atoms with Crippen LogP contribution in [0.25, 0.3) is 0 Å². The van der Waals surface area contributed by atoms with Crippen LogP contribution in [0, 0.1) is 6.92 Å². The molecule has 0 aliphatic carbocycles. The van der Waals surface area contributed by atoms with E-state index in [-0.39, 0.29) is 24.7 Å². The first kappa shape index (κ1) is 26.5. The summed E-state index contributed by atoms with van der Waals surface area (Å²) in [5.41, 5.74) is 0.681. The Morgan fingerprint density at radius 2 is 1.47 bits per heavy atom. The van der Waals surface area contributed by atoms with Gasteiger partial charge in [0.05, 0.1) is 0 Å². The second-order valence-electron chi connectivity index (χ2n) is 7.17. The number of hydrogen-bond donors (Lipinski definition) is 1. The molecule has 0 aromatic heterocycles. The molecule has 0 saturated heterocycles. The van der Waals surface area contributed by atoms with Crippen LogP contribution < -0.4 is 19.9 Å². The van der Waals surface area contributed by atoms with Crippen molar-refractivity contribution >= 4 is 25.4 Å². The number of ether oxygens (including phenoxy) is 2. The first-order valence-electron chi connectivity index (χ1n) is 10.3. The Kier molecular flexibility index (Phi) is 9.42. The number of nitrogens with one attached hydrogen (secondary N) is 1. The van der Waals surface area contributed by atoms with E-state index in [2.05, 4.69) is 0 Å². The summed E-state index contributed by atoms with van der Waals surface area (Å²) >= 11 is 1.27. The van der Waals surface area contributed by atoms with Gasteiger partial charge in [-0.25, -0.2) is 0 Å². The van der Waals surface area contributed by atoms with Gasteiger partial charge in [0.2, 0.25) is 0 Å². The molecule has 1 N–H and O–H groups in total. The van der Waals surface area contributed by atoms with Crippen molar-refractivity contribution < 1.29 is 30.7 Å². The maximum atomic E-state index is 13.6. The Balaban J connectivity index is 2.56. The number of hydrazine groups is 1. The molecule has 0 heterocycles. The van der Waals surface area contributed by atoms with Crippen molar-refractivity contribution in [1.82, 2.24) is 5.65 Å². The minimum atomic E-state index is -8.54. The molecule has 4 nitrogen and oxygen atoms in total. The SMILES string of the molecule is CCCCOc1cc(N(NF)P(F)(F)(F)F)c(OCCCC)cc1Sc1ccc(C)cc1. The maximum absolute atomic E-state index is 13.6. The van der Waals surface area contributed by atoms with Crippen molar-refractivity contribution in [3.63, 3.8) is 0 Å². The van der Waals surface area contributed by atoms with Crippen LogP contribution in [0.4, 0.5) is 27.0 Å². The van der Waals surface area contributed by atoms with Gasteiger partial charge in [-0.2, -0.15) is 0 Å². The Hall–Kier alpha value is -1.77. The molecule has 32 heavy (non-hydrogen) atoms. The first-order valence-corrected chi connectivity index (χ1v) is 12.9. The number of halogens is 5. The molecule has 0 saturated carbocycles. The van der Waals surface area contributed by atoms with Gasteiger partial charge < -0.3 is 0 Å². The molecule has 0 bridgehead atoms. The number of hydrogen-bond acceptors (Lipinski definition) is 5. The van der Waals surface area contributed by atoms with Gasteiger partial charge in [0.15, 0.2) is 0 Å². The van der Waals surface area contributed by atoms with E-state index in [9.17, 15) is 21.3 Å². The molecule has 0 aliphatic rings. The molecule has 2 aromatic carbocycles. The molecule has 0 fully saturated rings.